The number of hydrogen-bond donors (Lipinski definition) is 4. The van der Waals surface area contributed by atoms with Crippen LogP contribution in [0.5, 0.6) is 0 Å². The molecule has 1 aromatic rings. The molecule has 13 heteroatoms. The molecule has 0 aliphatic carbocycles. The molecule has 0 spiro atoms. The molecule has 2 rings (SSSR count). The summed E-state index contributed by atoms with van der Waals surface area (Å²) < 4.78 is 5.16. The normalized spacial score (nSPS) is 16.6. The lowest BCUT2D eigenvalue weighted by molar-refractivity contribution is -0.305. The summed E-state index contributed by atoms with van der Waals surface area (Å²) in [4.78, 5) is 17.0. The van der Waals surface area contributed by atoms with Crippen LogP contribution in [0.4, 0.5) is 5.69 Å². The highest BCUT2D eigenvalue weighted by Gasteiger charge is 2.35. The molecule has 166 valence electrons. The Morgan fingerprint density at radius 2 is 1.80 bits per heavy atom. The van der Waals surface area contributed by atoms with Crippen LogP contribution in [0.25, 0.3) is 0 Å². The maximum absolute atomic E-state index is 12.8. The van der Waals surface area contributed by atoms with Crippen molar-refractivity contribution >= 4 is 11.7 Å². The molecule has 30 heavy (non-hydrogen) atoms. The lowest BCUT2D eigenvalue weighted by Gasteiger charge is -2.38. The highest BCUT2D eigenvalue weighted by molar-refractivity contribution is 5.92. The Hall–Kier alpha value is -2.75. The zero-order valence-corrected chi connectivity index (χ0v) is 16.1. The van der Waals surface area contributed by atoms with Gasteiger partial charge in [0.1, 0.15) is 0 Å². The summed E-state index contributed by atoms with van der Waals surface area (Å²) in [5.74, 6) is -1.93. The Morgan fingerprint density at radius 1 is 1.10 bits per heavy atom. The second kappa shape index (κ2) is 10.3. The highest BCUT2D eigenvalue weighted by atomic mass is 17.1. The van der Waals surface area contributed by atoms with Crippen LogP contribution in [0.15, 0.2) is 46.9 Å². The Kier molecular flexibility index (Phi) is 8.10. The molecule has 13 nitrogen and oxygen atoms in total. The van der Waals surface area contributed by atoms with E-state index in [-0.39, 0.29) is 58.3 Å². The molecule has 0 amide bonds. The first-order chi connectivity index (χ1) is 14.1. The van der Waals surface area contributed by atoms with Crippen LogP contribution in [0, 0.1) is 15.6 Å². The number of dihydropyridines is 1. The van der Waals surface area contributed by atoms with Gasteiger partial charge in [0.15, 0.2) is 0 Å². The van der Waals surface area contributed by atoms with E-state index in [1.54, 1.807) is 6.92 Å². The van der Waals surface area contributed by atoms with E-state index in [0.717, 1.165) is 0 Å². The smallest absolute Gasteiger partial charge is 0.336 e. The number of ether oxygens (including phenoxy) is 1. The number of hydroxylamine groups is 2. The van der Waals surface area contributed by atoms with Gasteiger partial charge in [-0.15, -0.1) is 5.39 Å². The molecule has 0 aromatic heterocycles. The lowest BCUT2D eigenvalue weighted by Crippen LogP contribution is -2.34. The molecule has 1 heterocycles. The summed E-state index contributed by atoms with van der Waals surface area (Å²) >= 11 is 0. The van der Waals surface area contributed by atoms with Crippen molar-refractivity contribution in [1.29, 1.82) is 0 Å². The SMILES string of the molecule is CC1=C(C(=O)OCCCON([O-])O)[C@H](c2cccc(N([O-])O)c2)C(N([O-])O)=C(C)N1. The van der Waals surface area contributed by atoms with Crippen LogP contribution < -0.4 is 10.5 Å². The van der Waals surface area contributed by atoms with Crippen LogP contribution in [0.1, 0.15) is 31.7 Å². The standard InChI is InChI=1S/C17H21N4O9/c1-10-14(17(22)29-7-4-8-30-21(27)28)15(16(20(25)26)11(2)18-10)12-5-3-6-13(9-12)19(23)24/h3,5-6,9,15,18,23,25,27H,4,7-8H2,1-2H3/q-3/t15-/m0/s1. The van der Waals surface area contributed by atoms with Gasteiger partial charge in [-0.3, -0.25) is 15.3 Å². The van der Waals surface area contributed by atoms with E-state index < -0.39 is 17.3 Å². The van der Waals surface area contributed by atoms with Crippen molar-refractivity contribution in [1.82, 2.24) is 15.9 Å². The fourth-order valence-corrected chi connectivity index (χ4v) is 3.10. The number of esters is 1. The number of anilines is 1. The summed E-state index contributed by atoms with van der Waals surface area (Å²) in [7, 11) is 0. The predicted molar refractivity (Wildman–Crippen MR) is 101 cm³/mol. The first-order valence-electron chi connectivity index (χ1n) is 8.70. The summed E-state index contributed by atoms with van der Waals surface area (Å²) in [6.07, 6.45) is 0.0933. The Balaban J connectivity index is 2.35. The van der Waals surface area contributed by atoms with E-state index in [0.29, 0.717) is 5.70 Å². The number of rotatable bonds is 9. The summed E-state index contributed by atoms with van der Waals surface area (Å²) in [6, 6.07) is 5.53. The third kappa shape index (κ3) is 5.65. The quantitative estimate of drug-likeness (QED) is 0.255. The molecule has 0 fully saturated rings. The van der Waals surface area contributed by atoms with E-state index in [9.17, 15) is 30.8 Å². The summed E-state index contributed by atoms with van der Waals surface area (Å²) in [5, 5.41) is 61.9. The summed E-state index contributed by atoms with van der Waals surface area (Å²) in [5.41, 5.74) is 0.528. The number of hydrogen-bond acceptors (Lipinski definition) is 13. The third-order valence-electron chi connectivity index (χ3n) is 4.30. The van der Waals surface area contributed by atoms with Crippen LogP contribution in [0.2, 0.25) is 0 Å². The number of carbonyl (C=O) groups excluding carboxylic acids is 1. The van der Waals surface area contributed by atoms with Gasteiger partial charge < -0.3 is 41.3 Å². The Bertz CT molecular complexity index is 823. The molecular formula is C17H21N4O9-3. The number of nitrogens with one attached hydrogen (secondary N) is 1. The van der Waals surface area contributed by atoms with E-state index in [4.69, 9.17) is 9.94 Å². The third-order valence-corrected chi connectivity index (χ3v) is 4.30. The van der Waals surface area contributed by atoms with Gasteiger partial charge in [0.25, 0.3) is 0 Å². The summed E-state index contributed by atoms with van der Waals surface area (Å²) in [6.45, 7) is 2.71. The van der Waals surface area contributed by atoms with Crippen molar-refractivity contribution in [2.75, 3.05) is 18.4 Å². The highest BCUT2D eigenvalue weighted by Crippen LogP contribution is 2.40. The fraction of sp³-hybridized carbons (Fsp3) is 0.353. The zero-order valence-electron chi connectivity index (χ0n) is 16.1. The maximum Gasteiger partial charge on any atom is 0.336 e. The molecule has 1 aliphatic heterocycles. The van der Waals surface area contributed by atoms with Crippen molar-refractivity contribution in [3.8, 4) is 0 Å². The fourth-order valence-electron chi connectivity index (χ4n) is 3.10. The average molecular weight is 425 g/mol. The van der Waals surface area contributed by atoms with Gasteiger partial charge in [-0.1, -0.05) is 12.1 Å². The van der Waals surface area contributed by atoms with Gasteiger partial charge in [-0.25, -0.2) is 4.79 Å². The van der Waals surface area contributed by atoms with Gasteiger partial charge in [-0.2, -0.15) is 0 Å². The second-order valence-corrected chi connectivity index (χ2v) is 6.31. The number of allylic oxidation sites excluding steroid dienone is 3. The van der Waals surface area contributed by atoms with Crippen LogP contribution in [0.3, 0.4) is 0 Å². The molecule has 1 atom stereocenters. The van der Waals surface area contributed by atoms with Gasteiger partial charge >= 0.3 is 5.97 Å². The minimum Gasteiger partial charge on any atom is -0.738 e. The molecular weight excluding hydrogens is 404 g/mol. The second-order valence-electron chi connectivity index (χ2n) is 6.31. The van der Waals surface area contributed by atoms with Crippen molar-refractivity contribution in [2.45, 2.75) is 26.2 Å². The van der Waals surface area contributed by atoms with Crippen LogP contribution in [-0.2, 0) is 14.4 Å². The van der Waals surface area contributed by atoms with Gasteiger partial charge in [0, 0.05) is 17.8 Å². The van der Waals surface area contributed by atoms with Crippen LogP contribution in [-0.4, -0.2) is 45.4 Å². The average Bonchev–Trinajstić information content (AvgIpc) is 2.66. The Morgan fingerprint density at radius 3 is 2.40 bits per heavy atom. The maximum atomic E-state index is 12.8. The van der Waals surface area contributed by atoms with Crippen molar-refractivity contribution in [3.63, 3.8) is 0 Å². The molecule has 0 saturated carbocycles. The lowest BCUT2D eigenvalue weighted by atomic mass is 9.84. The first kappa shape index (κ1) is 23.5. The van der Waals surface area contributed by atoms with Crippen molar-refractivity contribution < 1.29 is 30.0 Å². The van der Waals surface area contributed by atoms with Gasteiger partial charge in [0.2, 0.25) is 0 Å². The minimum absolute atomic E-state index is 0.00781. The molecule has 1 aromatic carbocycles. The molecule has 4 N–H and O–H groups in total. The number of nitrogens with zero attached hydrogens (tertiary/aromatic N) is 3. The van der Waals surface area contributed by atoms with E-state index in [1.807, 2.05) is 0 Å². The topological polar surface area (TPSA) is 187 Å². The van der Waals surface area contributed by atoms with Crippen molar-refractivity contribution in [3.05, 3.63) is 68.1 Å². The molecule has 1 aliphatic rings. The van der Waals surface area contributed by atoms with Crippen molar-refractivity contribution in [2.24, 2.45) is 0 Å². The molecule has 0 radical (unpaired) electrons. The van der Waals surface area contributed by atoms with E-state index >= 15 is 0 Å². The van der Waals surface area contributed by atoms with Gasteiger partial charge in [-0.05, 0) is 31.5 Å². The number of benzene rings is 1. The number of carbonyl (C=O) groups is 1. The predicted octanol–water partition coefficient (Wildman–Crippen LogP) is 1.82. The largest absolute Gasteiger partial charge is 0.738 e. The Labute approximate surface area is 171 Å². The molecule has 0 saturated heterocycles. The monoisotopic (exact) mass is 425 g/mol. The molecule has 0 bridgehead atoms. The van der Waals surface area contributed by atoms with Gasteiger partial charge in [0.05, 0.1) is 36.1 Å². The first-order valence-corrected chi connectivity index (χ1v) is 8.70. The molecule has 0 unspecified atom stereocenters. The van der Waals surface area contributed by atoms with Crippen LogP contribution >= 0.6 is 0 Å². The zero-order chi connectivity index (χ0) is 22.4. The van der Waals surface area contributed by atoms with E-state index in [1.165, 1.54) is 31.2 Å². The minimum atomic E-state index is -1.10. The van der Waals surface area contributed by atoms with E-state index in [2.05, 4.69) is 10.2 Å².